The molecule has 35 heavy (non-hydrogen) atoms. The van der Waals surface area contributed by atoms with Gasteiger partial charge in [0.15, 0.2) is 0 Å². The second-order valence-corrected chi connectivity index (χ2v) is 9.82. The van der Waals surface area contributed by atoms with Gasteiger partial charge in [0.2, 0.25) is 0 Å². The third kappa shape index (κ3) is 5.10. The number of hydrogen-bond donors (Lipinski definition) is 2. The van der Waals surface area contributed by atoms with E-state index in [1.807, 2.05) is 15.9 Å². The lowest BCUT2D eigenvalue weighted by Gasteiger charge is -2.41. The van der Waals surface area contributed by atoms with Gasteiger partial charge in [-0.2, -0.15) is 5.10 Å². The molecule has 2 aliphatic rings. The Balaban J connectivity index is 1.41. The number of carbonyl (C=O) groups excluding carboxylic acids is 1. The van der Waals surface area contributed by atoms with Gasteiger partial charge in [0.25, 0.3) is 0 Å². The van der Waals surface area contributed by atoms with Crippen molar-refractivity contribution in [3.05, 3.63) is 77.2 Å². The van der Waals surface area contributed by atoms with E-state index in [1.165, 1.54) is 17.2 Å². The van der Waals surface area contributed by atoms with Crippen LogP contribution in [-0.4, -0.2) is 63.4 Å². The van der Waals surface area contributed by atoms with Crippen molar-refractivity contribution in [2.75, 3.05) is 26.2 Å². The van der Waals surface area contributed by atoms with Crippen molar-refractivity contribution < 1.29 is 14.3 Å². The zero-order valence-corrected chi connectivity index (χ0v) is 20.2. The first-order chi connectivity index (χ1) is 17.0. The number of benzene rings is 2. The predicted molar refractivity (Wildman–Crippen MR) is 134 cm³/mol. The van der Waals surface area contributed by atoms with Gasteiger partial charge in [-0.05, 0) is 55.0 Å². The first-order valence-electron chi connectivity index (χ1n) is 12.6. The Morgan fingerprint density at radius 2 is 1.77 bits per heavy atom. The number of aryl methyl sites for hydroxylation is 1. The molecule has 2 atom stereocenters. The summed E-state index contributed by atoms with van der Waals surface area (Å²) in [5, 5.41) is 17.4. The highest BCUT2D eigenvalue weighted by Crippen LogP contribution is 2.37. The fraction of sp³-hybridized carbons (Fsp3) is 0.429. The zero-order valence-electron chi connectivity index (χ0n) is 20.2. The predicted octanol–water partition coefficient (Wildman–Crippen LogP) is 4.93. The lowest BCUT2D eigenvalue weighted by atomic mass is 9.82. The maximum absolute atomic E-state index is 14.3. The molecular formula is C28H33FN4O2. The molecule has 2 fully saturated rings. The highest BCUT2D eigenvalue weighted by molar-refractivity contribution is 5.75. The standard InChI is InChI=1S/C28H33FN4O2/c1-2-19-7-9-20(10-8-19)21-15-22(18-33(17-21)28(35)32-13-11-23(34)12-14-32)26-16-27(31-30-26)24-5-3-4-6-25(24)29/h3-10,16,21-23,34H,2,11-15,17-18H2,1H3,(H,30,31). The summed E-state index contributed by atoms with van der Waals surface area (Å²) >= 11 is 0. The van der Waals surface area contributed by atoms with Crippen LogP contribution in [0.2, 0.25) is 0 Å². The normalized spacial score (nSPS) is 21.3. The summed E-state index contributed by atoms with van der Waals surface area (Å²) in [7, 11) is 0. The van der Waals surface area contributed by atoms with E-state index in [9.17, 15) is 14.3 Å². The molecule has 1 aromatic heterocycles. The molecule has 2 saturated heterocycles. The summed E-state index contributed by atoms with van der Waals surface area (Å²) in [5.41, 5.74) is 4.49. The molecule has 7 heteroatoms. The lowest BCUT2D eigenvalue weighted by Crippen LogP contribution is -2.51. The summed E-state index contributed by atoms with van der Waals surface area (Å²) in [6.07, 6.45) is 2.80. The second kappa shape index (κ2) is 10.2. The molecular weight excluding hydrogens is 443 g/mol. The smallest absolute Gasteiger partial charge is 0.320 e. The summed E-state index contributed by atoms with van der Waals surface area (Å²) in [4.78, 5) is 17.3. The summed E-state index contributed by atoms with van der Waals surface area (Å²) < 4.78 is 14.3. The Hall–Kier alpha value is -3.19. The average Bonchev–Trinajstić information content (AvgIpc) is 3.39. The molecule has 6 nitrogen and oxygen atoms in total. The highest BCUT2D eigenvalue weighted by Gasteiger charge is 2.35. The van der Waals surface area contributed by atoms with E-state index >= 15 is 0 Å². The van der Waals surface area contributed by atoms with Crippen LogP contribution in [0.5, 0.6) is 0 Å². The fourth-order valence-electron chi connectivity index (χ4n) is 5.36. The molecule has 0 bridgehead atoms. The van der Waals surface area contributed by atoms with Crippen molar-refractivity contribution in [1.29, 1.82) is 0 Å². The quantitative estimate of drug-likeness (QED) is 0.561. The molecule has 2 aliphatic heterocycles. The van der Waals surface area contributed by atoms with Crippen LogP contribution in [0.15, 0.2) is 54.6 Å². The number of rotatable bonds is 4. The van der Waals surface area contributed by atoms with E-state index in [0.717, 1.165) is 18.5 Å². The van der Waals surface area contributed by atoms with Crippen molar-refractivity contribution in [2.45, 2.75) is 50.5 Å². The Morgan fingerprint density at radius 1 is 1.06 bits per heavy atom. The van der Waals surface area contributed by atoms with Gasteiger partial charge in [0.1, 0.15) is 5.82 Å². The number of H-pyrrole nitrogens is 1. The topological polar surface area (TPSA) is 72.5 Å². The number of carbonyl (C=O) groups is 1. The number of aliphatic hydroxyl groups excluding tert-OH is 1. The minimum Gasteiger partial charge on any atom is -0.393 e. The molecule has 2 unspecified atom stereocenters. The molecule has 2 aromatic carbocycles. The Morgan fingerprint density at radius 3 is 2.49 bits per heavy atom. The van der Waals surface area contributed by atoms with Crippen molar-refractivity contribution in [2.24, 2.45) is 0 Å². The van der Waals surface area contributed by atoms with E-state index in [-0.39, 0.29) is 29.8 Å². The van der Waals surface area contributed by atoms with Gasteiger partial charge in [0, 0.05) is 49.3 Å². The second-order valence-electron chi connectivity index (χ2n) is 9.82. The van der Waals surface area contributed by atoms with Gasteiger partial charge in [-0.25, -0.2) is 9.18 Å². The molecule has 0 saturated carbocycles. The highest BCUT2D eigenvalue weighted by atomic mass is 19.1. The Labute approximate surface area is 205 Å². The molecule has 2 N–H and O–H groups in total. The molecule has 184 valence electrons. The van der Waals surface area contributed by atoms with E-state index in [2.05, 4.69) is 41.4 Å². The molecule has 0 spiro atoms. The maximum Gasteiger partial charge on any atom is 0.320 e. The third-order valence-electron chi connectivity index (χ3n) is 7.50. The van der Waals surface area contributed by atoms with Crippen molar-refractivity contribution in [1.82, 2.24) is 20.0 Å². The van der Waals surface area contributed by atoms with Crippen LogP contribution in [0.25, 0.3) is 11.3 Å². The Kier molecular flexibility index (Phi) is 6.86. The van der Waals surface area contributed by atoms with E-state index < -0.39 is 0 Å². The van der Waals surface area contributed by atoms with Crippen LogP contribution >= 0.6 is 0 Å². The minimum atomic E-state index is -0.320. The van der Waals surface area contributed by atoms with Gasteiger partial charge in [0.05, 0.1) is 11.8 Å². The van der Waals surface area contributed by atoms with Gasteiger partial charge in [-0.15, -0.1) is 0 Å². The van der Waals surface area contributed by atoms with Crippen LogP contribution in [0.3, 0.4) is 0 Å². The first-order valence-corrected chi connectivity index (χ1v) is 12.6. The van der Waals surface area contributed by atoms with Crippen molar-refractivity contribution in [3.8, 4) is 11.3 Å². The van der Waals surface area contributed by atoms with E-state index in [4.69, 9.17) is 0 Å². The van der Waals surface area contributed by atoms with Crippen LogP contribution in [-0.2, 0) is 6.42 Å². The van der Waals surface area contributed by atoms with Crippen LogP contribution < -0.4 is 0 Å². The Bertz CT molecular complexity index is 1150. The average molecular weight is 477 g/mol. The minimum absolute atomic E-state index is 0.0330. The zero-order chi connectivity index (χ0) is 24.4. The number of aromatic amines is 1. The van der Waals surface area contributed by atoms with Crippen LogP contribution in [0, 0.1) is 5.82 Å². The number of urea groups is 1. The maximum atomic E-state index is 14.3. The van der Waals surface area contributed by atoms with Gasteiger partial charge >= 0.3 is 6.03 Å². The van der Waals surface area contributed by atoms with Gasteiger partial charge < -0.3 is 14.9 Å². The van der Waals surface area contributed by atoms with Gasteiger partial charge in [-0.3, -0.25) is 5.10 Å². The number of nitrogens with zero attached hydrogens (tertiary/aromatic N) is 3. The summed E-state index contributed by atoms with van der Waals surface area (Å²) in [6, 6.07) is 17.3. The largest absolute Gasteiger partial charge is 0.393 e. The molecule has 0 radical (unpaired) electrons. The number of likely N-dealkylation sites (tertiary alicyclic amines) is 2. The third-order valence-corrected chi connectivity index (χ3v) is 7.50. The van der Waals surface area contributed by atoms with Crippen molar-refractivity contribution in [3.63, 3.8) is 0 Å². The number of hydrogen-bond acceptors (Lipinski definition) is 3. The number of nitrogens with one attached hydrogen (secondary N) is 1. The summed E-state index contributed by atoms with van der Waals surface area (Å²) in [5.74, 6) is -0.0432. The number of aromatic nitrogens is 2. The number of amides is 2. The SMILES string of the molecule is CCc1ccc(C2CC(c3cc(-c4ccccc4F)n[nH]3)CN(C(=O)N3CCC(O)CC3)C2)cc1. The number of piperidine rings is 2. The van der Waals surface area contributed by atoms with E-state index in [0.29, 0.717) is 50.3 Å². The van der Waals surface area contributed by atoms with Crippen molar-refractivity contribution >= 4 is 6.03 Å². The van der Waals surface area contributed by atoms with Crippen LogP contribution in [0.1, 0.15) is 54.8 Å². The number of halogens is 1. The first kappa shape index (κ1) is 23.5. The lowest BCUT2D eigenvalue weighted by molar-refractivity contribution is 0.0755. The molecule has 3 heterocycles. The monoisotopic (exact) mass is 476 g/mol. The summed E-state index contributed by atoms with van der Waals surface area (Å²) in [6.45, 7) is 4.55. The fourth-order valence-corrected chi connectivity index (χ4v) is 5.36. The van der Waals surface area contributed by atoms with E-state index in [1.54, 1.807) is 18.2 Å². The molecule has 5 rings (SSSR count). The van der Waals surface area contributed by atoms with Gasteiger partial charge in [-0.1, -0.05) is 43.3 Å². The number of aliphatic hydroxyl groups is 1. The molecule has 0 aliphatic carbocycles. The molecule has 2 amide bonds. The molecule has 3 aromatic rings. The van der Waals surface area contributed by atoms with Crippen LogP contribution in [0.4, 0.5) is 9.18 Å².